The molecule has 0 bridgehead atoms. The topological polar surface area (TPSA) is 131 Å². The van der Waals surface area contributed by atoms with E-state index in [2.05, 4.69) is 37.4 Å². The van der Waals surface area contributed by atoms with Gasteiger partial charge in [-0.15, -0.1) is 0 Å². The van der Waals surface area contributed by atoms with Gasteiger partial charge in [0, 0.05) is 12.2 Å². The average Bonchev–Trinajstić information content (AvgIpc) is 3.24. The molecule has 0 saturated carbocycles. The summed E-state index contributed by atoms with van der Waals surface area (Å²) in [5.74, 6) is -0.972. The van der Waals surface area contributed by atoms with Crippen molar-refractivity contribution in [2.45, 2.75) is 53.0 Å². The number of nitrogens with zero attached hydrogens (tertiary/aromatic N) is 2. The van der Waals surface area contributed by atoms with Gasteiger partial charge in [-0.05, 0) is 60.0 Å². The number of aryl methyl sites for hydroxylation is 1. The summed E-state index contributed by atoms with van der Waals surface area (Å²) in [5.41, 5.74) is 14.6. The molecule has 3 rings (SSSR count). The lowest BCUT2D eigenvalue weighted by Crippen LogP contribution is -2.44. The number of hydrogen-bond donors (Lipinski definition) is 3. The lowest BCUT2D eigenvalue weighted by atomic mass is 9.99. The molecule has 8 nitrogen and oxygen atoms in total. The maximum absolute atomic E-state index is 14.1. The third kappa shape index (κ3) is 6.54. The van der Waals surface area contributed by atoms with E-state index >= 15 is 0 Å². The van der Waals surface area contributed by atoms with E-state index in [1.54, 1.807) is 0 Å². The van der Waals surface area contributed by atoms with Crippen molar-refractivity contribution in [3.05, 3.63) is 75.8 Å². The fraction of sp³-hybridized carbons (Fsp3) is 0.357. The minimum absolute atomic E-state index is 0.0498. The fourth-order valence-electron chi connectivity index (χ4n) is 3.89. The SMILES string of the molecule is Cc1ccc(C(C(=O)NCCC(C)C)N(C(=O)c2snc(C(N)=O)c2N)c2ccc(C(C)C)cc2)cc1. The molecular formula is C28H35N5O3S. The summed E-state index contributed by atoms with van der Waals surface area (Å²) in [5, 5.41) is 3.00. The Bertz CT molecular complexity index is 1250. The number of nitrogens with one attached hydrogen (secondary N) is 1. The Kier molecular flexibility index (Phi) is 9.04. The molecule has 5 N–H and O–H groups in total. The Morgan fingerprint density at radius 1 is 0.973 bits per heavy atom. The van der Waals surface area contributed by atoms with Crippen molar-refractivity contribution in [1.82, 2.24) is 9.69 Å². The predicted octanol–water partition coefficient (Wildman–Crippen LogP) is 4.81. The highest BCUT2D eigenvalue weighted by Crippen LogP contribution is 2.34. The van der Waals surface area contributed by atoms with Crippen LogP contribution in [0, 0.1) is 12.8 Å². The molecule has 37 heavy (non-hydrogen) atoms. The van der Waals surface area contributed by atoms with E-state index in [0.717, 1.165) is 29.1 Å². The van der Waals surface area contributed by atoms with Crippen LogP contribution in [0.5, 0.6) is 0 Å². The maximum atomic E-state index is 14.1. The summed E-state index contributed by atoms with van der Waals surface area (Å²) in [6.45, 7) is 10.8. The Hall–Kier alpha value is -3.72. The molecule has 1 atom stereocenters. The van der Waals surface area contributed by atoms with E-state index in [9.17, 15) is 14.4 Å². The van der Waals surface area contributed by atoms with E-state index < -0.39 is 17.9 Å². The Morgan fingerprint density at radius 3 is 2.08 bits per heavy atom. The Labute approximate surface area is 222 Å². The minimum atomic E-state index is -0.983. The number of rotatable bonds is 10. The van der Waals surface area contributed by atoms with E-state index in [-0.39, 0.29) is 22.2 Å². The van der Waals surface area contributed by atoms with Gasteiger partial charge in [0.1, 0.15) is 10.9 Å². The van der Waals surface area contributed by atoms with Gasteiger partial charge < -0.3 is 16.8 Å². The number of nitrogens with two attached hydrogens (primary N) is 2. The highest BCUT2D eigenvalue weighted by molar-refractivity contribution is 7.09. The highest BCUT2D eigenvalue weighted by Gasteiger charge is 2.36. The van der Waals surface area contributed by atoms with Gasteiger partial charge in [-0.1, -0.05) is 69.7 Å². The summed E-state index contributed by atoms with van der Waals surface area (Å²) in [6.07, 6.45) is 0.799. The summed E-state index contributed by atoms with van der Waals surface area (Å²) < 4.78 is 4.00. The van der Waals surface area contributed by atoms with Gasteiger partial charge in [0.05, 0.1) is 5.69 Å². The molecule has 0 aliphatic heterocycles. The minimum Gasteiger partial charge on any atom is -0.395 e. The van der Waals surface area contributed by atoms with Crippen molar-refractivity contribution in [3.8, 4) is 0 Å². The molecule has 0 radical (unpaired) electrons. The number of carbonyl (C=O) groups excluding carboxylic acids is 3. The van der Waals surface area contributed by atoms with Crippen LogP contribution >= 0.6 is 11.5 Å². The maximum Gasteiger partial charge on any atom is 0.273 e. The second kappa shape index (κ2) is 12.0. The number of amides is 3. The quantitative estimate of drug-likeness (QED) is 0.352. The molecule has 9 heteroatoms. The van der Waals surface area contributed by atoms with E-state index in [1.165, 1.54) is 4.90 Å². The second-order valence-electron chi connectivity index (χ2n) is 9.85. The van der Waals surface area contributed by atoms with Crippen molar-refractivity contribution in [1.29, 1.82) is 0 Å². The standard InChI is InChI=1S/C28H35N5O3S/c1-16(2)14-15-31-27(35)24(20-8-6-18(5)7-9-20)33(21-12-10-19(11-13-21)17(3)4)28(36)25-22(29)23(26(30)34)32-37-25/h6-13,16-17,24H,14-15,29H2,1-5H3,(H2,30,34)(H,31,35). The van der Waals surface area contributed by atoms with Crippen molar-refractivity contribution in [2.75, 3.05) is 17.2 Å². The lowest BCUT2D eigenvalue weighted by molar-refractivity contribution is -0.122. The number of anilines is 2. The molecule has 0 saturated heterocycles. The Balaban J connectivity index is 2.16. The van der Waals surface area contributed by atoms with E-state index in [4.69, 9.17) is 11.5 Å². The zero-order chi connectivity index (χ0) is 27.3. The van der Waals surface area contributed by atoms with Gasteiger partial charge in [0.25, 0.3) is 11.8 Å². The van der Waals surface area contributed by atoms with Crippen molar-refractivity contribution in [3.63, 3.8) is 0 Å². The normalized spacial score (nSPS) is 12.0. The van der Waals surface area contributed by atoms with Gasteiger partial charge in [0.15, 0.2) is 5.69 Å². The molecule has 2 aromatic carbocycles. The molecule has 0 fully saturated rings. The molecule has 1 aromatic heterocycles. The molecule has 0 spiro atoms. The van der Waals surface area contributed by atoms with Crippen LogP contribution in [0.4, 0.5) is 11.4 Å². The molecule has 3 aromatic rings. The number of carbonyl (C=O) groups is 3. The molecule has 0 aliphatic rings. The number of hydrogen-bond acceptors (Lipinski definition) is 6. The highest BCUT2D eigenvalue weighted by atomic mass is 32.1. The van der Waals surface area contributed by atoms with E-state index in [1.807, 2.05) is 55.5 Å². The van der Waals surface area contributed by atoms with Gasteiger partial charge >= 0.3 is 0 Å². The fourth-order valence-corrected chi connectivity index (χ4v) is 4.63. The van der Waals surface area contributed by atoms with Gasteiger partial charge in [0.2, 0.25) is 5.91 Å². The largest absolute Gasteiger partial charge is 0.395 e. The van der Waals surface area contributed by atoms with Crippen LogP contribution in [-0.2, 0) is 4.79 Å². The number of nitrogen functional groups attached to an aromatic ring is 1. The van der Waals surface area contributed by atoms with Gasteiger partial charge in [-0.2, -0.15) is 4.37 Å². The third-order valence-electron chi connectivity index (χ3n) is 6.13. The number of primary amides is 1. The van der Waals surface area contributed by atoms with E-state index in [0.29, 0.717) is 29.6 Å². The van der Waals surface area contributed by atoms with Gasteiger partial charge in [-0.3, -0.25) is 19.3 Å². The van der Waals surface area contributed by atoms with Crippen molar-refractivity contribution >= 4 is 40.6 Å². The summed E-state index contributed by atoms with van der Waals surface area (Å²) in [6, 6.07) is 14.0. The zero-order valence-electron chi connectivity index (χ0n) is 21.9. The number of aromatic nitrogens is 1. The van der Waals surface area contributed by atoms with Crippen LogP contribution in [-0.4, -0.2) is 28.6 Å². The first-order valence-electron chi connectivity index (χ1n) is 12.3. The Morgan fingerprint density at radius 2 is 1.57 bits per heavy atom. The molecule has 1 heterocycles. The molecule has 0 aliphatic carbocycles. The first-order valence-corrected chi connectivity index (χ1v) is 13.1. The zero-order valence-corrected chi connectivity index (χ0v) is 22.8. The van der Waals surface area contributed by atoms with Crippen LogP contribution in [0.15, 0.2) is 48.5 Å². The van der Waals surface area contributed by atoms with Crippen molar-refractivity contribution in [2.24, 2.45) is 11.7 Å². The monoisotopic (exact) mass is 521 g/mol. The average molecular weight is 522 g/mol. The van der Waals surface area contributed by atoms with Crippen LogP contribution in [0.25, 0.3) is 0 Å². The van der Waals surface area contributed by atoms with Crippen LogP contribution in [0.2, 0.25) is 0 Å². The number of benzene rings is 2. The molecule has 196 valence electrons. The summed E-state index contributed by atoms with van der Waals surface area (Å²) in [4.78, 5) is 41.0. The first kappa shape index (κ1) is 27.9. The predicted molar refractivity (Wildman–Crippen MR) is 149 cm³/mol. The second-order valence-corrected chi connectivity index (χ2v) is 10.6. The first-order chi connectivity index (χ1) is 17.5. The van der Waals surface area contributed by atoms with Gasteiger partial charge in [-0.25, -0.2) is 0 Å². The lowest BCUT2D eigenvalue weighted by Gasteiger charge is -2.31. The summed E-state index contributed by atoms with van der Waals surface area (Å²) >= 11 is 0.793. The smallest absolute Gasteiger partial charge is 0.273 e. The summed E-state index contributed by atoms with van der Waals surface area (Å²) in [7, 11) is 0. The molecule has 3 amide bonds. The van der Waals surface area contributed by atoms with Crippen LogP contribution in [0.3, 0.4) is 0 Å². The van der Waals surface area contributed by atoms with Crippen LogP contribution < -0.4 is 21.7 Å². The molecule has 1 unspecified atom stereocenters. The third-order valence-corrected chi connectivity index (χ3v) is 6.98. The van der Waals surface area contributed by atoms with Crippen molar-refractivity contribution < 1.29 is 14.4 Å². The molecular weight excluding hydrogens is 486 g/mol. The van der Waals surface area contributed by atoms with Crippen LogP contribution in [0.1, 0.15) is 82.9 Å².